The lowest BCUT2D eigenvalue weighted by Crippen LogP contribution is -2.41. The number of anilines is 2. The van der Waals surface area contributed by atoms with Crippen LogP contribution in [-0.4, -0.2) is 39.1 Å². The average molecular weight is 593 g/mol. The predicted octanol–water partition coefficient (Wildman–Crippen LogP) is 6.94. The van der Waals surface area contributed by atoms with Crippen molar-refractivity contribution in [2.24, 2.45) is 0 Å². The van der Waals surface area contributed by atoms with Crippen molar-refractivity contribution in [2.45, 2.75) is 45.7 Å². The number of fused-ring (bicyclic) bond motifs is 1. The summed E-state index contributed by atoms with van der Waals surface area (Å²) in [5.74, 6) is 0.502. The van der Waals surface area contributed by atoms with E-state index in [1.54, 1.807) is 39.0 Å². The third kappa shape index (κ3) is 8.88. The van der Waals surface area contributed by atoms with Gasteiger partial charge in [0.25, 0.3) is 0 Å². The van der Waals surface area contributed by atoms with Crippen molar-refractivity contribution in [3.63, 3.8) is 0 Å². The van der Waals surface area contributed by atoms with Crippen LogP contribution in [0.5, 0.6) is 17.2 Å². The molecule has 2 aromatic heterocycles. The highest BCUT2D eigenvalue weighted by molar-refractivity contribution is 6.32. The van der Waals surface area contributed by atoms with Crippen molar-refractivity contribution in [3.8, 4) is 17.2 Å². The molecule has 0 bridgehead atoms. The van der Waals surface area contributed by atoms with E-state index in [-0.39, 0.29) is 16.5 Å². The lowest BCUT2D eigenvalue weighted by molar-refractivity contribution is -0.274. The molecule has 0 atom stereocenters. The van der Waals surface area contributed by atoms with Gasteiger partial charge in [0.1, 0.15) is 34.7 Å². The third-order valence-corrected chi connectivity index (χ3v) is 5.60. The quantitative estimate of drug-likeness (QED) is 0.134. The predicted molar refractivity (Wildman–Crippen MR) is 147 cm³/mol. The first-order valence-corrected chi connectivity index (χ1v) is 12.9. The number of aryl methyl sites for hydroxylation is 1. The summed E-state index contributed by atoms with van der Waals surface area (Å²) < 4.78 is 54.4. The molecule has 0 saturated carbocycles. The average Bonchev–Trinajstić information content (AvgIpc) is 3.28. The molecule has 0 saturated heterocycles. The maximum absolute atomic E-state index is 12.5. The van der Waals surface area contributed by atoms with E-state index in [9.17, 15) is 18.0 Å². The number of rotatable bonds is 10. The second kappa shape index (κ2) is 12.5. The number of nitrogens with zero attached hydrogens (tertiary/aromatic N) is 3. The molecule has 3 N–H and O–H groups in total. The topological polar surface area (TPSA) is 112 Å². The molecule has 0 unspecified atom stereocenters. The highest BCUT2D eigenvalue weighted by Gasteiger charge is 2.31. The second-order valence-electron chi connectivity index (χ2n) is 9.77. The standard InChI is InChI=1S/C27H28ClF3N6O4/c1-26(2,3)41-25(38)36-34-11-5-12-37-13-10-21-23(37)24(33-16-32-21)35-17-8-9-22(20(28)14-17)39-18-6-4-7-19(15-18)40-27(29,30)31/h4,6-10,13-16,34H,5,11-12H2,1-3H3,(H,36,38)(H,32,33,35). The molecular formula is C27H28ClF3N6O4. The number of hydrogen-bond donors (Lipinski definition) is 3. The van der Waals surface area contributed by atoms with Crippen molar-refractivity contribution < 1.29 is 32.2 Å². The van der Waals surface area contributed by atoms with Crippen molar-refractivity contribution >= 4 is 40.2 Å². The molecule has 4 rings (SSSR count). The normalized spacial score (nSPS) is 11.8. The number of ether oxygens (including phenoxy) is 3. The van der Waals surface area contributed by atoms with E-state index in [1.165, 1.54) is 24.5 Å². The molecule has 0 radical (unpaired) electrons. The van der Waals surface area contributed by atoms with Crippen LogP contribution in [0.1, 0.15) is 27.2 Å². The van der Waals surface area contributed by atoms with E-state index in [4.69, 9.17) is 21.1 Å². The summed E-state index contributed by atoms with van der Waals surface area (Å²) >= 11 is 6.42. The fourth-order valence-corrected chi connectivity index (χ4v) is 3.97. The van der Waals surface area contributed by atoms with Gasteiger partial charge in [0.05, 0.1) is 10.5 Å². The molecule has 10 nitrogen and oxygen atoms in total. The highest BCUT2D eigenvalue weighted by atomic mass is 35.5. The summed E-state index contributed by atoms with van der Waals surface area (Å²) in [6, 6.07) is 11.9. The molecule has 14 heteroatoms. The molecule has 0 aliphatic rings. The maximum atomic E-state index is 12.5. The van der Waals surface area contributed by atoms with E-state index >= 15 is 0 Å². The number of carbonyl (C=O) groups excluding carboxylic acids is 1. The maximum Gasteiger partial charge on any atom is 0.573 e. The fraction of sp³-hybridized carbons (Fsp3) is 0.296. The first-order valence-electron chi connectivity index (χ1n) is 12.5. The molecule has 1 amide bonds. The van der Waals surface area contributed by atoms with E-state index < -0.39 is 23.8 Å². The van der Waals surface area contributed by atoms with Crippen LogP contribution in [0.2, 0.25) is 5.02 Å². The van der Waals surface area contributed by atoms with Crippen LogP contribution in [0.4, 0.5) is 29.5 Å². The summed E-state index contributed by atoms with van der Waals surface area (Å²) in [6.07, 6.45) is -1.35. The number of carbonyl (C=O) groups is 1. The minimum atomic E-state index is -4.81. The lowest BCUT2D eigenvalue weighted by Gasteiger charge is -2.19. The Hall–Kier alpha value is -4.23. The molecule has 2 aromatic carbocycles. The Labute approximate surface area is 238 Å². The minimum absolute atomic E-state index is 0.125. The second-order valence-corrected chi connectivity index (χ2v) is 10.2. The van der Waals surface area contributed by atoms with E-state index in [0.717, 1.165) is 17.1 Å². The first kappa shape index (κ1) is 29.7. The number of amides is 1. The number of hydrogen-bond acceptors (Lipinski definition) is 8. The SMILES string of the molecule is CC(C)(C)OC(=O)NNCCCn1ccc2ncnc(Nc3ccc(Oc4cccc(OC(F)(F)F)c4)c(Cl)c3)c21. The Kier molecular flexibility index (Phi) is 9.08. The highest BCUT2D eigenvalue weighted by Crippen LogP contribution is 2.35. The molecule has 0 aliphatic heterocycles. The summed E-state index contributed by atoms with van der Waals surface area (Å²) in [6.45, 7) is 6.46. The molecular weight excluding hydrogens is 565 g/mol. The molecule has 0 spiro atoms. The van der Waals surface area contributed by atoms with Gasteiger partial charge < -0.3 is 24.1 Å². The number of alkyl halides is 3. The number of hydrazine groups is 1. The van der Waals surface area contributed by atoms with Gasteiger partial charge in [-0.3, -0.25) is 5.43 Å². The molecule has 0 fully saturated rings. The van der Waals surface area contributed by atoms with Crippen LogP contribution in [0.15, 0.2) is 61.1 Å². The molecule has 41 heavy (non-hydrogen) atoms. The Morgan fingerprint density at radius 3 is 2.56 bits per heavy atom. The van der Waals surface area contributed by atoms with Crippen LogP contribution in [0.25, 0.3) is 11.0 Å². The number of halogens is 4. The van der Waals surface area contributed by atoms with Gasteiger partial charge in [-0.15, -0.1) is 13.2 Å². The summed E-state index contributed by atoms with van der Waals surface area (Å²) in [5.41, 5.74) is 6.87. The largest absolute Gasteiger partial charge is 0.573 e. The fourth-order valence-electron chi connectivity index (χ4n) is 3.75. The van der Waals surface area contributed by atoms with Crippen LogP contribution in [0.3, 0.4) is 0 Å². The first-order chi connectivity index (χ1) is 19.4. The van der Waals surface area contributed by atoms with Gasteiger partial charge >= 0.3 is 12.5 Å². The third-order valence-electron chi connectivity index (χ3n) is 5.30. The minimum Gasteiger partial charge on any atom is -0.456 e. The van der Waals surface area contributed by atoms with Gasteiger partial charge in [-0.25, -0.2) is 20.2 Å². The Morgan fingerprint density at radius 2 is 1.83 bits per heavy atom. The van der Waals surface area contributed by atoms with Crippen LogP contribution in [0, 0.1) is 0 Å². The van der Waals surface area contributed by atoms with Crippen LogP contribution >= 0.6 is 11.6 Å². The van der Waals surface area contributed by atoms with Crippen molar-refractivity contribution in [3.05, 3.63) is 66.1 Å². The van der Waals surface area contributed by atoms with Gasteiger partial charge in [0.2, 0.25) is 0 Å². The molecule has 2 heterocycles. The molecule has 4 aromatic rings. The zero-order valence-corrected chi connectivity index (χ0v) is 23.1. The summed E-state index contributed by atoms with van der Waals surface area (Å²) in [7, 11) is 0. The molecule has 218 valence electrons. The van der Waals surface area contributed by atoms with Gasteiger partial charge in [-0.2, -0.15) is 0 Å². The Morgan fingerprint density at radius 1 is 1.05 bits per heavy atom. The van der Waals surface area contributed by atoms with Gasteiger partial charge in [0, 0.05) is 31.0 Å². The monoisotopic (exact) mass is 592 g/mol. The zero-order valence-electron chi connectivity index (χ0n) is 22.4. The summed E-state index contributed by atoms with van der Waals surface area (Å²) in [5, 5.41) is 3.46. The van der Waals surface area contributed by atoms with Gasteiger partial charge in [0.15, 0.2) is 5.82 Å². The Balaban J connectivity index is 1.39. The smallest absolute Gasteiger partial charge is 0.456 e. The van der Waals surface area contributed by atoms with Crippen molar-refractivity contribution in [1.82, 2.24) is 25.4 Å². The Bertz CT molecular complexity index is 1510. The van der Waals surface area contributed by atoms with E-state index in [2.05, 4.69) is 30.9 Å². The number of benzene rings is 2. The van der Waals surface area contributed by atoms with Gasteiger partial charge in [-0.05, 0) is 63.6 Å². The van der Waals surface area contributed by atoms with E-state index in [1.807, 2.05) is 16.8 Å². The van der Waals surface area contributed by atoms with Gasteiger partial charge in [-0.1, -0.05) is 17.7 Å². The van der Waals surface area contributed by atoms with Crippen molar-refractivity contribution in [2.75, 3.05) is 11.9 Å². The zero-order chi connectivity index (χ0) is 29.6. The van der Waals surface area contributed by atoms with Crippen LogP contribution < -0.4 is 25.6 Å². The number of aromatic nitrogens is 3. The summed E-state index contributed by atoms with van der Waals surface area (Å²) in [4.78, 5) is 20.5. The van der Waals surface area contributed by atoms with Crippen LogP contribution in [-0.2, 0) is 11.3 Å². The van der Waals surface area contributed by atoms with E-state index in [0.29, 0.717) is 31.0 Å². The number of nitrogens with one attached hydrogen (secondary N) is 3. The lowest BCUT2D eigenvalue weighted by atomic mass is 10.2. The molecule has 0 aliphatic carbocycles. The van der Waals surface area contributed by atoms with Crippen molar-refractivity contribution in [1.29, 1.82) is 0 Å².